The van der Waals surface area contributed by atoms with Crippen LogP contribution in [0.1, 0.15) is 12.0 Å². The third kappa shape index (κ3) is 2.93. The van der Waals surface area contributed by atoms with Crippen molar-refractivity contribution in [3.8, 4) is 11.5 Å². The highest BCUT2D eigenvalue weighted by atomic mass is 32.1. The highest BCUT2D eigenvalue weighted by Crippen LogP contribution is 2.36. The number of nitrogens with zero attached hydrogens (tertiary/aromatic N) is 5. The van der Waals surface area contributed by atoms with Gasteiger partial charge in [-0.25, -0.2) is 4.98 Å². The van der Waals surface area contributed by atoms with Gasteiger partial charge < -0.3 is 9.88 Å². The molecule has 0 aliphatic carbocycles. The van der Waals surface area contributed by atoms with Gasteiger partial charge in [0.25, 0.3) is 5.56 Å². The van der Waals surface area contributed by atoms with Crippen molar-refractivity contribution in [3.05, 3.63) is 70.0 Å². The predicted octanol–water partition coefficient (Wildman–Crippen LogP) is 3.45. The number of aryl methyl sites for hydroxylation is 2. The van der Waals surface area contributed by atoms with Crippen LogP contribution < -0.4 is 10.9 Å². The third-order valence-electron chi connectivity index (χ3n) is 5.90. The molecular weight excluding hydrogens is 424 g/mol. The second-order valence-electron chi connectivity index (χ2n) is 7.70. The number of aromatic nitrogens is 5. The van der Waals surface area contributed by atoms with Gasteiger partial charge in [0.15, 0.2) is 5.82 Å². The molecule has 32 heavy (non-hydrogen) atoms. The molecule has 9 heteroatoms. The van der Waals surface area contributed by atoms with E-state index in [0.29, 0.717) is 34.9 Å². The Labute approximate surface area is 186 Å². The van der Waals surface area contributed by atoms with Crippen LogP contribution in [0.25, 0.3) is 33.3 Å². The fourth-order valence-corrected chi connectivity index (χ4v) is 4.98. The number of fused-ring (bicyclic) bond motifs is 6. The van der Waals surface area contributed by atoms with Crippen molar-refractivity contribution in [3.63, 3.8) is 0 Å². The van der Waals surface area contributed by atoms with E-state index >= 15 is 0 Å². The van der Waals surface area contributed by atoms with E-state index in [2.05, 4.69) is 32.2 Å². The van der Waals surface area contributed by atoms with E-state index < -0.39 is 0 Å². The lowest BCUT2D eigenvalue weighted by molar-refractivity contribution is -0.116. The second-order valence-corrected chi connectivity index (χ2v) is 8.53. The molecule has 6 rings (SSSR count). The molecular formula is C23H18N6O2S. The van der Waals surface area contributed by atoms with Gasteiger partial charge in [-0.2, -0.15) is 0 Å². The van der Waals surface area contributed by atoms with Gasteiger partial charge in [0.05, 0.1) is 16.6 Å². The van der Waals surface area contributed by atoms with Crippen molar-refractivity contribution in [1.29, 1.82) is 0 Å². The lowest BCUT2D eigenvalue weighted by Gasteiger charge is -2.21. The SMILES string of the molecule is O=C(CCn1c2c(c3ccccc31)CCn1c-2nc2ccccc2c1=O)Nc1nncs1. The molecule has 0 atom stereocenters. The molecule has 1 aliphatic rings. The number of anilines is 1. The molecule has 2 aromatic carbocycles. The third-order valence-corrected chi connectivity index (χ3v) is 6.51. The Kier molecular flexibility index (Phi) is 4.36. The molecule has 3 aromatic heterocycles. The monoisotopic (exact) mass is 442 g/mol. The number of benzene rings is 2. The van der Waals surface area contributed by atoms with Gasteiger partial charge >= 0.3 is 0 Å². The van der Waals surface area contributed by atoms with E-state index in [0.717, 1.165) is 23.0 Å². The lowest BCUT2D eigenvalue weighted by Crippen LogP contribution is -2.28. The number of amides is 1. The van der Waals surface area contributed by atoms with Gasteiger partial charge in [-0.1, -0.05) is 41.7 Å². The van der Waals surface area contributed by atoms with Crippen LogP contribution in [0.15, 0.2) is 58.8 Å². The van der Waals surface area contributed by atoms with E-state index in [1.54, 1.807) is 10.1 Å². The van der Waals surface area contributed by atoms with Gasteiger partial charge in [0.1, 0.15) is 5.51 Å². The molecule has 0 unspecified atom stereocenters. The lowest BCUT2D eigenvalue weighted by atomic mass is 10.0. The number of hydrogen-bond donors (Lipinski definition) is 1. The fraction of sp³-hybridized carbons (Fsp3) is 0.174. The van der Waals surface area contributed by atoms with Crippen LogP contribution in [-0.4, -0.2) is 30.2 Å². The highest BCUT2D eigenvalue weighted by Gasteiger charge is 2.27. The Morgan fingerprint density at radius 3 is 2.75 bits per heavy atom. The Hall–Kier alpha value is -3.85. The summed E-state index contributed by atoms with van der Waals surface area (Å²) in [6.07, 6.45) is 1.01. The van der Waals surface area contributed by atoms with Crippen molar-refractivity contribution in [2.75, 3.05) is 5.32 Å². The van der Waals surface area contributed by atoms with E-state index in [9.17, 15) is 9.59 Å². The van der Waals surface area contributed by atoms with Crippen LogP contribution >= 0.6 is 11.3 Å². The summed E-state index contributed by atoms with van der Waals surface area (Å²) in [4.78, 5) is 30.6. The molecule has 4 heterocycles. The minimum absolute atomic E-state index is 0.0259. The van der Waals surface area contributed by atoms with Gasteiger partial charge in [-0.15, -0.1) is 10.2 Å². The molecule has 158 valence electrons. The highest BCUT2D eigenvalue weighted by molar-refractivity contribution is 7.13. The van der Waals surface area contributed by atoms with E-state index in [1.165, 1.54) is 16.9 Å². The Balaban J connectivity index is 1.48. The zero-order valence-electron chi connectivity index (χ0n) is 17.0. The summed E-state index contributed by atoms with van der Waals surface area (Å²) in [5, 5.41) is 12.7. The van der Waals surface area contributed by atoms with Crippen LogP contribution in [0.3, 0.4) is 0 Å². The summed E-state index contributed by atoms with van der Waals surface area (Å²) in [7, 11) is 0. The largest absolute Gasteiger partial charge is 0.337 e. The van der Waals surface area contributed by atoms with Crippen molar-refractivity contribution in [2.24, 2.45) is 0 Å². The zero-order chi connectivity index (χ0) is 21.7. The van der Waals surface area contributed by atoms with Crippen molar-refractivity contribution >= 4 is 44.2 Å². The molecule has 1 amide bonds. The standard InChI is InChI=1S/C23H18N6O2S/c30-19(26-23-27-24-13-32-23)10-12-28-18-8-4-2-5-14(18)15-9-11-29-21(20(15)28)25-17-7-3-1-6-16(17)22(29)31/h1-8,13H,9-12H2,(H,26,27,30). The van der Waals surface area contributed by atoms with Crippen LogP contribution in [-0.2, 0) is 24.3 Å². The molecule has 0 saturated carbocycles. The molecule has 0 saturated heterocycles. The van der Waals surface area contributed by atoms with Gasteiger partial charge in [0, 0.05) is 30.4 Å². The summed E-state index contributed by atoms with van der Waals surface area (Å²) in [6.45, 7) is 1.05. The van der Waals surface area contributed by atoms with Crippen LogP contribution in [0.2, 0.25) is 0 Å². The average Bonchev–Trinajstić information content (AvgIpc) is 3.44. The van der Waals surface area contributed by atoms with Crippen LogP contribution in [0.5, 0.6) is 0 Å². The number of carbonyl (C=O) groups excluding carboxylic acids is 1. The van der Waals surface area contributed by atoms with Crippen molar-refractivity contribution in [1.82, 2.24) is 24.3 Å². The number of hydrogen-bond acceptors (Lipinski definition) is 6. The maximum Gasteiger partial charge on any atom is 0.261 e. The maximum atomic E-state index is 13.2. The topological polar surface area (TPSA) is 94.7 Å². The fourth-order valence-electron chi connectivity index (χ4n) is 4.52. The number of carbonyl (C=O) groups is 1. The first-order chi connectivity index (χ1) is 15.7. The van der Waals surface area contributed by atoms with Gasteiger partial charge in [-0.3, -0.25) is 14.2 Å². The zero-order valence-corrected chi connectivity index (χ0v) is 17.8. The molecule has 8 nitrogen and oxygen atoms in total. The normalized spacial score (nSPS) is 12.6. The molecule has 0 bridgehead atoms. The van der Waals surface area contributed by atoms with Crippen LogP contribution in [0, 0.1) is 0 Å². The number of rotatable bonds is 4. The maximum absolute atomic E-state index is 13.2. The summed E-state index contributed by atoms with van der Waals surface area (Å²) < 4.78 is 3.89. The molecule has 0 spiro atoms. The van der Waals surface area contributed by atoms with E-state index in [4.69, 9.17) is 4.98 Å². The minimum Gasteiger partial charge on any atom is -0.337 e. The number of para-hydroxylation sites is 2. The second kappa shape index (κ2) is 7.38. The molecule has 0 radical (unpaired) electrons. The molecule has 1 N–H and O–H groups in total. The number of nitrogens with one attached hydrogen (secondary N) is 1. The molecule has 5 aromatic rings. The quantitative estimate of drug-likeness (QED) is 0.460. The molecule has 0 fully saturated rings. The summed E-state index contributed by atoms with van der Waals surface area (Å²) in [5.41, 5.74) is 5.37. The first-order valence-corrected chi connectivity index (χ1v) is 11.2. The van der Waals surface area contributed by atoms with E-state index in [1.807, 2.05) is 36.4 Å². The van der Waals surface area contributed by atoms with Crippen molar-refractivity contribution < 1.29 is 4.79 Å². The van der Waals surface area contributed by atoms with Gasteiger partial charge in [0.2, 0.25) is 11.0 Å². The first-order valence-electron chi connectivity index (χ1n) is 10.4. The summed E-state index contributed by atoms with van der Waals surface area (Å²) in [6, 6.07) is 15.6. The van der Waals surface area contributed by atoms with Crippen LogP contribution in [0.4, 0.5) is 5.13 Å². The summed E-state index contributed by atoms with van der Waals surface area (Å²) >= 11 is 1.28. The van der Waals surface area contributed by atoms with E-state index in [-0.39, 0.29) is 17.9 Å². The predicted molar refractivity (Wildman–Crippen MR) is 124 cm³/mol. The average molecular weight is 443 g/mol. The Bertz CT molecular complexity index is 1550. The Morgan fingerprint density at radius 2 is 1.91 bits per heavy atom. The molecule has 1 aliphatic heterocycles. The minimum atomic E-state index is -0.132. The first kappa shape index (κ1) is 18.9. The Morgan fingerprint density at radius 1 is 1.09 bits per heavy atom. The van der Waals surface area contributed by atoms with Gasteiger partial charge in [-0.05, 0) is 30.2 Å². The summed E-state index contributed by atoms with van der Waals surface area (Å²) in [5.74, 6) is 0.531. The van der Waals surface area contributed by atoms with Crippen molar-refractivity contribution in [2.45, 2.75) is 25.9 Å². The smallest absolute Gasteiger partial charge is 0.261 e.